The van der Waals surface area contributed by atoms with Gasteiger partial charge in [-0.25, -0.2) is 18.4 Å². The minimum Gasteiger partial charge on any atom is -0.474 e. The van der Waals surface area contributed by atoms with E-state index in [0.29, 0.717) is 50.2 Å². The molecule has 13 heteroatoms. The van der Waals surface area contributed by atoms with Crippen molar-refractivity contribution >= 4 is 21.1 Å². The Balaban J connectivity index is 1.61. The largest absolute Gasteiger partial charge is 0.474 e. The zero-order chi connectivity index (χ0) is 29.1. The van der Waals surface area contributed by atoms with E-state index in [9.17, 15) is 13.2 Å². The Hall–Kier alpha value is -3.68. The van der Waals surface area contributed by atoms with Crippen LogP contribution in [0.3, 0.4) is 0 Å². The lowest BCUT2D eigenvalue weighted by Gasteiger charge is -2.33. The van der Waals surface area contributed by atoms with Gasteiger partial charge in [0.1, 0.15) is 16.2 Å². The Morgan fingerprint density at radius 3 is 2.51 bits per heavy atom. The van der Waals surface area contributed by atoms with Crippen LogP contribution in [-0.2, 0) is 23.0 Å². The third-order valence-corrected chi connectivity index (χ3v) is 8.93. The van der Waals surface area contributed by atoms with E-state index in [4.69, 9.17) is 9.72 Å². The van der Waals surface area contributed by atoms with Crippen LogP contribution in [-0.4, -0.2) is 86.2 Å². The topological polar surface area (TPSA) is 139 Å². The first-order valence-corrected chi connectivity index (χ1v) is 15.4. The second-order valence-corrected chi connectivity index (χ2v) is 12.3. The molecule has 0 bridgehead atoms. The van der Waals surface area contributed by atoms with Gasteiger partial charge < -0.3 is 14.6 Å². The summed E-state index contributed by atoms with van der Waals surface area (Å²) in [4.78, 5) is 32.0. The van der Waals surface area contributed by atoms with Crippen LogP contribution in [0.15, 0.2) is 46.3 Å². The molecule has 0 amide bonds. The summed E-state index contributed by atoms with van der Waals surface area (Å²) in [6.45, 7) is 11.2. The molecule has 1 saturated heterocycles. The van der Waals surface area contributed by atoms with Crippen LogP contribution < -0.4 is 10.3 Å². The molecule has 5 rings (SSSR count). The SMILES string of the molecule is CCCc1c2nc(-c3cc(S(=O)(=O)N4CCN(CC)CC4)cnc3OC(C)C)[nH]c(=O)c2nn1Cc1ccccn1. The zero-order valence-electron chi connectivity index (χ0n) is 23.9. The Morgan fingerprint density at radius 1 is 1.07 bits per heavy atom. The Kier molecular flexibility index (Phi) is 8.47. The molecule has 1 aliphatic heterocycles. The number of aromatic amines is 1. The van der Waals surface area contributed by atoms with Gasteiger partial charge in [-0.3, -0.25) is 14.5 Å². The quantitative estimate of drug-likeness (QED) is 0.300. The van der Waals surface area contributed by atoms with Gasteiger partial charge in [0.2, 0.25) is 15.9 Å². The van der Waals surface area contributed by atoms with E-state index in [-0.39, 0.29) is 28.2 Å². The number of fused-ring (bicyclic) bond motifs is 1. The van der Waals surface area contributed by atoms with Crippen LogP contribution in [0.25, 0.3) is 22.4 Å². The highest BCUT2D eigenvalue weighted by Gasteiger charge is 2.30. The van der Waals surface area contributed by atoms with E-state index in [1.807, 2.05) is 39.0 Å². The molecular formula is C28H36N8O4S. The number of H-pyrrole nitrogens is 1. The van der Waals surface area contributed by atoms with Crippen LogP contribution in [0.4, 0.5) is 0 Å². The van der Waals surface area contributed by atoms with E-state index < -0.39 is 15.6 Å². The number of rotatable bonds is 10. The molecule has 41 heavy (non-hydrogen) atoms. The highest BCUT2D eigenvalue weighted by atomic mass is 32.2. The summed E-state index contributed by atoms with van der Waals surface area (Å²) >= 11 is 0. The number of ether oxygens (including phenoxy) is 1. The normalized spacial score (nSPS) is 15.1. The molecule has 1 aliphatic rings. The van der Waals surface area contributed by atoms with E-state index in [0.717, 1.165) is 24.4 Å². The number of hydrogen-bond donors (Lipinski definition) is 1. The molecule has 1 fully saturated rings. The third-order valence-electron chi connectivity index (χ3n) is 7.07. The lowest BCUT2D eigenvalue weighted by atomic mass is 10.2. The van der Waals surface area contributed by atoms with E-state index in [1.54, 1.807) is 10.9 Å². The van der Waals surface area contributed by atoms with Crippen LogP contribution >= 0.6 is 0 Å². The standard InChI is InChI=1S/C28H36N8O4S/c1-5-9-23-24-25(33-36(23)18-20-10-7-8-11-29-20)27(37)32-26(31-24)22-16-21(17-30-28(22)40-19(3)4)41(38,39)35-14-12-34(6-2)13-15-35/h7-8,10-11,16-17,19H,5-6,9,12-15,18H2,1-4H3,(H,31,32,37). The van der Waals surface area contributed by atoms with Gasteiger partial charge in [0, 0.05) is 32.4 Å². The lowest BCUT2D eigenvalue weighted by Crippen LogP contribution is -2.48. The van der Waals surface area contributed by atoms with E-state index >= 15 is 0 Å². The maximum atomic E-state index is 13.6. The van der Waals surface area contributed by atoms with Gasteiger partial charge in [-0.1, -0.05) is 26.3 Å². The van der Waals surface area contributed by atoms with Crippen molar-refractivity contribution in [2.45, 2.75) is 58.1 Å². The summed E-state index contributed by atoms with van der Waals surface area (Å²) < 4.78 is 36.4. The smallest absolute Gasteiger partial charge is 0.279 e. The molecule has 5 heterocycles. The number of nitrogens with one attached hydrogen (secondary N) is 1. The van der Waals surface area contributed by atoms with Crippen molar-refractivity contribution in [1.29, 1.82) is 0 Å². The number of hydrogen-bond acceptors (Lipinski definition) is 9. The maximum Gasteiger partial charge on any atom is 0.279 e. The highest BCUT2D eigenvalue weighted by molar-refractivity contribution is 7.89. The van der Waals surface area contributed by atoms with Gasteiger partial charge in [0.25, 0.3) is 5.56 Å². The third kappa shape index (κ3) is 6.02. The summed E-state index contributed by atoms with van der Waals surface area (Å²) in [5, 5.41) is 4.58. The molecule has 218 valence electrons. The van der Waals surface area contributed by atoms with Gasteiger partial charge in [0.05, 0.1) is 35.8 Å². The van der Waals surface area contributed by atoms with Crippen molar-refractivity contribution in [3.63, 3.8) is 0 Å². The second kappa shape index (κ2) is 12.0. The monoisotopic (exact) mass is 580 g/mol. The number of aryl methyl sites for hydroxylation is 1. The second-order valence-electron chi connectivity index (χ2n) is 10.3. The maximum absolute atomic E-state index is 13.6. The molecule has 0 atom stereocenters. The van der Waals surface area contributed by atoms with Crippen LogP contribution in [0.5, 0.6) is 5.88 Å². The average molecular weight is 581 g/mol. The number of likely N-dealkylation sites (N-methyl/N-ethyl adjacent to an activating group) is 1. The number of aromatic nitrogens is 6. The number of piperazine rings is 1. The van der Waals surface area contributed by atoms with Crippen molar-refractivity contribution in [3.05, 3.63) is 58.4 Å². The molecule has 1 N–H and O–H groups in total. The number of nitrogens with zero attached hydrogens (tertiary/aromatic N) is 7. The zero-order valence-corrected chi connectivity index (χ0v) is 24.7. The first-order chi connectivity index (χ1) is 19.7. The number of pyridine rings is 2. The van der Waals surface area contributed by atoms with Crippen LogP contribution in [0.1, 0.15) is 45.5 Å². The molecule has 4 aromatic rings. The fraction of sp³-hybridized carbons (Fsp3) is 0.464. The molecule has 0 spiro atoms. The van der Waals surface area contributed by atoms with E-state index in [2.05, 4.69) is 31.9 Å². The molecule has 0 radical (unpaired) electrons. The fourth-order valence-electron chi connectivity index (χ4n) is 4.95. The average Bonchev–Trinajstić information content (AvgIpc) is 3.30. The molecule has 0 aliphatic carbocycles. The highest BCUT2D eigenvalue weighted by Crippen LogP contribution is 2.31. The van der Waals surface area contributed by atoms with Crippen LogP contribution in [0, 0.1) is 0 Å². The van der Waals surface area contributed by atoms with Gasteiger partial charge >= 0.3 is 0 Å². The first-order valence-electron chi connectivity index (χ1n) is 14.0. The summed E-state index contributed by atoms with van der Waals surface area (Å²) in [5.41, 5.74) is 2.15. The minimum atomic E-state index is -3.82. The number of sulfonamides is 1. The lowest BCUT2D eigenvalue weighted by molar-refractivity contribution is 0.196. The predicted molar refractivity (Wildman–Crippen MR) is 155 cm³/mol. The van der Waals surface area contributed by atoms with Gasteiger partial charge in [-0.15, -0.1) is 0 Å². The summed E-state index contributed by atoms with van der Waals surface area (Å²) in [5.74, 6) is 0.364. The first kappa shape index (κ1) is 28.8. The van der Waals surface area contributed by atoms with Crippen molar-refractivity contribution in [2.75, 3.05) is 32.7 Å². The Morgan fingerprint density at radius 2 is 1.85 bits per heavy atom. The molecule has 12 nitrogen and oxygen atoms in total. The van der Waals surface area contributed by atoms with Crippen molar-refractivity contribution in [1.82, 2.24) is 38.9 Å². The fourth-order valence-corrected chi connectivity index (χ4v) is 6.34. The van der Waals surface area contributed by atoms with Crippen molar-refractivity contribution in [3.8, 4) is 17.3 Å². The summed E-state index contributed by atoms with van der Waals surface area (Å²) in [7, 11) is -3.82. The molecular weight excluding hydrogens is 544 g/mol. The molecule has 0 saturated carbocycles. The minimum absolute atomic E-state index is 0.0240. The predicted octanol–water partition coefficient (Wildman–Crippen LogP) is 2.69. The van der Waals surface area contributed by atoms with Crippen molar-refractivity contribution in [2.24, 2.45) is 0 Å². The molecule has 0 unspecified atom stereocenters. The van der Waals surface area contributed by atoms with Gasteiger partial charge in [-0.2, -0.15) is 9.40 Å². The molecule has 0 aromatic carbocycles. The van der Waals surface area contributed by atoms with Crippen LogP contribution in [0.2, 0.25) is 0 Å². The van der Waals surface area contributed by atoms with Gasteiger partial charge in [-0.05, 0) is 45.0 Å². The van der Waals surface area contributed by atoms with E-state index in [1.165, 1.54) is 16.6 Å². The Bertz CT molecular complexity index is 1680. The summed E-state index contributed by atoms with van der Waals surface area (Å²) in [6.07, 6.45) is 4.25. The molecule has 4 aromatic heterocycles. The Labute approximate surface area is 239 Å². The summed E-state index contributed by atoms with van der Waals surface area (Å²) in [6, 6.07) is 7.15. The van der Waals surface area contributed by atoms with Gasteiger partial charge in [0.15, 0.2) is 5.52 Å². The van der Waals surface area contributed by atoms with Crippen molar-refractivity contribution < 1.29 is 13.2 Å².